The van der Waals surface area contributed by atoms with Crippen molar-refractivity contribution in [2.75, 3.05) is 45.9 Å². The standard InChI is InChI=1S/C15H21N3O2S/c16-6-1-3-13-4-5-14(21-13)15(20)18-8-2-7-17(9-10-18)11-12-19/h4-5,19H,2,6-12,16H2. The lowest BCUT2D eigenvalue weighted by Gasteiger charge is -2.20. The van der Waals surface area contributed by atoms with Gasteiger partial charge in [0.1, 0.15) is 0 Å². The lowest BCUT2D eigenvalue weighted by molar-refractivity contribution is 0.0765. The van der Waals surface area contributed by atoms with Crippen LogP contribution in [-0.4, -0.2) is 66.7 Å². The van der Waals surface area contributed by atoms with Crippen LogP contribution in [0, 0.1) is 11.8 Å². The van der Waals surface area contributed by atoms with Crippen LogP contribution in [0.4, 0.5) is 0 Å². The van der Waals surface area contributed by atoms with E-state index in [9.17, 15) is 4.79 Å². The molecule has 6 heteroatoms. The maximum absolute atomic E-state index is 12.5. The van der Waals surface area contributed by atoms with E-state index < -0.39 is 0 Å². The van der Waals surface area contributed by atoms with Gasteiger partial charge in [-0.25, -0.2) is 0 Å². The SMILES string of the molecule is NCC#Cc1ccc(C(=O)N2CCCN(CCO)CC2)s1. The first-order chi connectivity index (χ1) is 10.2. The van der Waals surface area contributed by atoms with Crippen LogP contribution in [0.15, 0.2) is 12.1 Å². The van der Waals surface area contributed by atoms with Crippen molar-refractivity contribution in [1.29, 1.82) is 0 Å². The molecule has 0 aromatic carbocycles. The van der Waals surface area contributed by atoms with Crippen LogP contribution in [0.5, 0.6) is 0 Å². The van der Waals surface area contributed by atoms with E-state index in [2.05, 4.69) is 16.7 Å². The van der Waals surface area contributed by atoms with Crippen LogP contribution < -0.4 is 5.73 Å². The summed E-state index contributed by atoms with van der Waals surface area (Å²) in [6.07, 6.45) is 0.941. The van der Waals surface area contributed by atoms with E-state index in [1.807, 2.05) is 17.0 Å². The van der Waals surface area contributed by atoms with Crippen LogP contribution in [0.3, 0.4) is 0 Å². The van der Waals surface area contributed by atoms with Gasteiger partial charge in [-0.05, 0) is 25.1 Å². The van der Waals surface area contributed by atoms with E-state index >= 15 is 0 Å². The number of nitrogens with zero attached hydrogens (tertiary/aromatic N) is 2. The Bertz CT molecular complexity index is 533. The smallest absolute Gasteiger partial charge is 0.264 e. The normalized spacial score (nSPS) is 16.2. The summed E-state index contributed by atoms with van der Waals surface area (Å²) in [6, 6.07) is 3.71. The molecule has 2 rings (SSSR count). The van der Waals surface area contributed by atoms with Crippen LogP contribution >= 0.6 is 11.3 Å². The van der Waals surface area contributed by atoms with Crippen LogP contribution in [0.2, 0.25) is 0 Å². The Balaban J connectivity index is 1.97. The highest BCUT2D eigenvalue weighted by Gasteiger charge is 2.21. The molecule has 1 aliphatic heterocycles. The molecule has 5 nitrogen and oxygen atoms in total. The zero-order chi connectivity index (χ0) is 15.1. The van der Waals surface area contributed by atoms with Gasteiger partial charge in [-0.3, -0.25) is 9.69 Å². The molecule has 0 saturated carbocycles. The fraction of sp³-hybridized carbons (Fsp3) is 0.533. The van der Waals surface area contributed by atoms with Gasteiger partial charge in [-0.1, -0.05) is 11.8 Å². The van der Waals surface area contributed by atoms with Crippen LogP contribution in [0.1, 0.15) is 21.0 Å². The first-order valence-corrected chi connectivity index (χ1v) is 7.97. The van der Waals surface area contributed by atoms with E-state index in [4.69, 9.17) is 10.8 Å². The van der Waals surface area contributed by atoms with Crippen LogP contribution in [-0.2, 0) is 0 Å². The molecule has 21 heavy (non-hydrogen) atoms. The molecule has 0 spiro atoms. The van der Waals surface area contributed by atoms with Gasteiger partial charge in [0.2, 0.25) is 0 Å². The number of thiophene rings is 1. The van der Waals surface area contributed by atoms with Gasteiger partial charge in [0.05, 0.1) is 22.9 Å². The number of hydrogen-bond donors (Lipinski definition) is 2. The number of hydrogen-bond acceptors (Lipinski definition) is 5. The first kappa shape index (κ1) is 16.0. The molecule has 1 fully saturated rings. The number of amides is 1. The highest BCUT2D eigenvalue weighted by Crippen LogP contribution is 2.18. The van der Waals surface area contributed by atoms with Gasteiger partial charge in [0.15, 0.2) is 0 Å². The number of aliphatic hydroxyl groups is 1. The van der Waals surface area contributed by atoms with Crippen molar-refractivity contribution in [3.63, 3.8) is 0 Å². The molecule has 1 aliphatic rings. The molecule has 1 saturated heterocycles. The minimum Gasteiger partial charge on any atom is -0.395 e. The summed E-state index contributed by atoms with van der Waals surface area (Å²) in [4.78, 5) is 18.2. The lowest BCUT2D eigenvalue weighted by Crippen LogP contribution is -2.35. The third kappa shape index (κ3) is 4.55. The monoisotopic (exact) mass is 307 g/mol. The highest BCUT2D eigenvalue weighted by molar-refractivity contribution is 7.14. The van der Waals surface area contributed by atoms with Crippen molar-refractivity contribution >= 4 is 17.2 Å². The Labute approximate surface area is 129 Å². The van der Waals surface area contributed by atoms with Crippen molar-refractivity contribution in [1.82, 2.24) is 9.80 Å². The van der Waals surface area contributed by atoms with Gasteiger partial charge in [0, 0.05) is 26.2 Å². The predicted octanol–water partition coefficient (Wildman–Crippen LogP) is 0.199. The molecule has 2 heterocycles. The largest absolute Gasteiger partial charge is 0.395 e. The molecule has 0 bridgehead atoms. The zero-order valence-electron chi connectivity index (χ0n) is 12.0. The Morgan fingerprint density at radius 1 is 1.33 bits per heavy atom. The fourth-order valence-corrected chi connectivity index (χ4v) is 3.20. The Hall–Kier alpha value is -1.39. The number of rotatable bonds is 3. The van der Waals surface area contributed by atoms with Crippen LogP contribution in [0.25, 0.3) is 0 Å². The van der Waals surface area contributed by atoms with Gasteiger partial charge in [-0.15, -0.1) is 11.3 Å². The summed E-state index contributed by atoms with van der Waals surface area (Å²) in [5, 5.41) is 8.99. The van der Waals surface area contributed by atoms with Gasteiger partial charge in [0.25, 0.3) is 5.91 Å². The molecule has 1 aromatic heterocycles. The molecule has 3 N–H and O–H groups in total. The first-order valence-electron chi connectivity index (χ1n) is 7.16. The topological polar surface area (TPSA) is 69.8 Å². The molecule has 1 aromatic rings. The number of aliphatic hydroxyl groups excluding tert-OH is 1. The van der Waals surface area contributed by atoms with E-state index in [0.29, 0.717) is 19.6 Å². The quantitative estimate of drug-likeness (QED) is 0.783. The van der Waals surface area contributed by atoms with E-state index in [-0.39, 0.29) is 12.5 Å². The number of nitrogens with two attached hydrogens (primary N) is 1. The average Bonchev–Trinajstić information content (AvgIpc) is 2.84. The molecule has 0 atom stereocenters. The highest BCUT2D eigenvalue weighted by atomic mass is 32.1. The molecule has 0 radical (unpaired) electrons. The van der Waals surface area contributed by atoms with E-state index in [1.165, 1.54) is 11.3 Å². The van der Waals surface area contributed by atoms with Gasteiger partial charge < -0.3 is 15.7 Å². The summed E-state index contributed by atoms with van der Waals surface area (Å²) >= 11 is 1.42. The summed E-state index contributed by atoms with van der Waals surface area (Å²) in [5.41, 5.74) is 5.35. The second-order valence-corrected chi connectivity index (χ2v) is 5.96. The Morgan fingerprint density at radius 3 is 2.95 bits per heavy atom. The molecule has 0 unspecified atom stereocenters. The third-order valence-corrected chi connectivity index (χ3v) is 4.41. The average molecular weight is 307 g/mol. The van der Waals surface area contributed by atoms with Crippen molar-refractivity contribution in [3.05, 3.63) is 21.9 Å². The zero-order valence-corrected chi connectivity index (χ0v) is 12.9. The number of carbonyl (C=O) groups is 1. The van der Waals surface area contributed by atoms with E-state index in [1.54, 1.807) is 0 Å². The Morgan fingerprint density at radius 2 is 2.19 bits per heavy atom. The number of β-amino-alcohol motifs (C(OH)–C–C–N with tert-alkyl or cyclic N) is 1. The maximum atomic E-state index is 12.5. The summed E-state index contributed by atoms with van der Waals surface area (Å²) in [6.45, 7) is 4.40. The fourth-order valence-electron chi connectivity index (χ4n) is 2.35. The van der Waals surface area contributed by atoms with Gasteiger partial charge in [-0.2, -0.15) is 0 Å². The van der Waals surface area contributed by atoms with Crippen molar-refractivity contribution in [2.45, 2.75) is 6.42 Å². The maximum Gasteiger partial charge on any atom is 0.264 e. The minimum absolute atomic E-state index is 0.0756. The lowest BCUT2D eigenvalue weighted by atomic mass is 10.3. The Kier molecular flexibility index (Phi) is 6.21. The molecule has 114 valence electrons. The molecule has 0 aliphatic carbocycles. The number of carbonyl (C=O) groups excluding carboxylic acids is 1. The summed E-state index contributed by atoms with van der Waals surface area (Å²) in [5.74, 6) is 5.83. The van der Waals surface area contributed by atoms with E-state index in [0.717, 1.165) is 35.8 Å². The second-order valence-electron chi connectivity index (χ2n) is 4.88. The summed E-state index contributed by atoms with van der Waals surface area (Å²) in [7, 11) is 0. The molecular weight excluding hydrogens is 286 g/mol. The van der Waals surface area contributed by atoms with Crippen molar-refractivity contribution in [2.24, 2.45) is 5.73 Å². The molecular formula is C15H21N3O2S. The van der Waals surface area contributed by atoms with Crippen molar-refractivity contribution < 1.29 is 9.90 Å². The second kappa shape index (κ2) is 8.15. The third-order valence-electron chi connectivity index (χ3n) is 3.42. The minimum atomic E-state index is 0.0756. The summed E-state index contributed by atoms with van der Waals surface area (Å²) < 4.78 is 0. The van der Waals surface area contributed by atoms with Gasteiger partial charge >= 0.3 is 0 Å². The van der Waals surface area contributed by atoms with Crippen molar-refractivity contribution in [3.8, 4) is 11.8 Å². The predicted molar refractivity (Wildman–Crippen MR) is 84.3 cm³/mol. The molecule has 1 amide bonds.